The SMILES string of the molecule is COC(=O)c1c(O)c2ccc(S(N)(=O)=O)cc2c2ncnn12. The molecule has 0 saturated carbocycles. The molecule has 3 rings (SSSR count). The Bertz CT molecular complexity index is 1020. The van der Waals surface area contributed by atoms with Crippen molar-refractivity contribution in [2.75, 3.05) is 7.11 Å². The number of sulfonamides is 1. The van der Waals surface area contributed by atoms with Crippen molar-refractivity contribution in [2.45, 2.75) is 4.90 Å². The topological polar surface area (TPSA) is 137 Å². The van der Waals surface area contributed by atoms with Gasteiger partial charge in [0, 0.05) is 10.8 Å². The minimum absolute atomic E-state index is 0.143. The van der Waals surface area contributed by atoms with E-state index in [9.17, 15) is 18.3 Å². The summed E-state index contributed by atoms with van der Waals surface area (Å²) in [6.07, 6.45) is 1.17. The molecule has 0 spiro atoms. The number of nitrogens with zero attached hydrogens (tertiary/aromatic N) is 3. The number of rotatable bonds is 2. The van der Waals surface area contributed by atoms with Crippen LogP contribution in [0.3, 0.4) is 0 Å². The predicted octanol–water partition coefficient (Wildman–Crippen LogP) is 0.0221. The number of hydrogen-bond acceptors (Lipinski definition) is 7. The summed E-state index contributed by atoms with van der Waals surface area (Å²) in [6, 6.07) is 3.83. The highest BCUT2D eigenvalue weighted by molar-refractivity contribution is 7.89. The molecule has 3 aromatic rings. The summed E-state index contributed by atoms with van der Waals surface area (Å²) in [6.45, 7) is 0. The quantitative estimate of drug-likeness (QED) is 0.634. The highest BCUT2D eigenvalue weighted by Gasteiger charge is 2.23. The molecule has 0 saturated heterocycles. The lowest BCUT2D eigenvalue weighted by Crippen LogP contribution is -2.13. The summed E-state index contributed by atoms with van der Waals surface area (Å²) < 4.78 is 28.6. The van der Waals surface area contributed by atoms with Crippen LogP contribution in [-0.4, -0.2) is 41.2 Å². The number of fused-ring (bicyclic) bond motifs is 3. The molecule has 9 nitrogen and oxygen atoms in total. The summed E-state index contributed by atoms with van der Waals surface area (Å²) in [5.74, 6) is -1.19. The number of nitrogens with two attached hydrogens (primary N) is 1. The lowest BCUT2D eigenvalue weighted by Gasteiger charge is -2.10. The number of esters is 1. The van der Waals surface area contributed by atoms with E-state index in [4.69, 9.17) is 5.14 Å². The van der Waals surface area contributed by atoms with Crippen LogP contribution in [0.1, 0.15) is 10.5 Å². The van der Waals surface area contributed by atoms with E-state index < -0.39 is 16.0 Å². The van der Waals surface area contributed by atoms with Crippen molar-refractivity contribution >= 4 is 32.4 Å². The van der Waals surface area contributed by atoms with E-state index in [1.54, 1.807) is 0 Å². The normalized spacial score (nSPS) is 11.9. The van der Waals surface area contributed by atoms with Gasteiger partial charge in [0.15, 0.2) is 17.1 Å². The van der Waals surface area contributed by atoms with Gasteiger partial charge in [0.25, 0.3) is 0 Å². The second-order valence-corrected chi connectivity index (χ2v) is 6.00. The van der Waals surface area contributed by atoms with Crippen LogP contribution < -0.4 is 5.14 Å². The Labute approximate surface area is 124 Å². The fraction of sp³-hybridized carbons (Fsp3) is 0.0833. The maximum atomic E-state index is 11.8. The molecule has 114 valence electrons. The van der Waals surface area contributed by atoms with Crippen molar-refractivity contribution in [1.82, 2.24) is 14.6 Å². The van der Waals surface area contributed by atoms with Crippen LogP contribution in [0.25, 0.3) is 16.4 Å². The van der Waals surface area contributed by atoms with Crippen LogP contribution in [0.4, 0.5) is 0 Å². The molecular formula is C12H10N4O5S. The van der Waals surface area contributed by atoms with Gasteiger partial charge in [-0.3, -0.25) is 0 Å². The molecule has 0 fully saturated rings. The van der Waals surface area contributed by atoms with E-state index in [0.717, 1.165) is 4.52 Å². The first-order chi connectivity index (χ1) is 10.3. The third kappa shape index (κ3) is 1.96. The Hall–Kier alpha value is -2.72. The second-order valence-electron chi connectivity index (χ2n) is 4.44. The van der Waals surface area contributed by atoms with Gasteiger partial charge in [0.1, 0.15) is 6.33 Å². The summed E-state index contributed by atoms with van der Waals surface area (Å²) in [4.78, 5) is 15.7. The molecule has 3 N–H and O–H groups in total. The van der Waals surface area contributed by atoms with Crippen LogP contribution in [0.15, 0.2) is 29.4 Å². The van der Waals surface area contributed by atoms with E-state index in [-0.39, 0.29) is 32.8 Å². The minimum Gasteiger partial charge on any atom is -0.505 e. The Morgan fingerprint density at radius 3 is 2.73 bits per heavy atom. The largest absolute Gasteiger partial charge is 0.505 e. The van der Waals surface area contributed by atoms with Gasteiger partial charge in [-0.1, -0.05) is 0 Å². The van der Waals surface area contributed by atoms with Gasteiger partial charge in [0.05, 0.1) is 12.0 Å². The van der Waals surface area contributed by atoms with Crippen molar-refractivity contribution in [2.24, 2.45) is 5.14 Å². The molecule has 10 heteroatoms. The molecule has 0 bridgehead atoms. The first-order valence-electron chi connectivity index (χ1n) is 5.94. The van der Waals surface area contributed by atoms with E-state index >= 15 is 0 Å². The highest BCUT2D eigenvalue weighted by atomic mass is 32.2. The van der Waals surface area contributed by atoms with Gasteiger partial charge >= 0.3 is 5.97 Å². The number of aromatic nitrogens is 3. The van der Waals surface area contributed by atoms with Crippen LogP contribution in [0.2, 0.25) is 0 Å². The monoisotopic (exact) mass is 322 g/mol. The number of carbonyl (C=O) groups excluding carboxylic acids is 1. The Balaban J connectivity index is 2.51. The highest BCUT2D eigenvalue weighted by Crippen LogP contribution is 2.32. The van der Waals surface area contributed by atoms with Gasteiger partial charge in [-0.25, -0.2) is 27.9 Å². The van der Waals surface area contributed by atoms with Crippen molar-refractivity contribution in [3.8, 4) is 5.75 Å². The first-order valence-corrected chi connectivity index (χ1v) is 7.48. The number of primary sulfonamides is 1. The van der Waals surface area contributed by atoms with Gasteiger partial charge < -0.3 is 9.84 Å². The van der Waals surface area contributed by atoms with Gasteiger partial charge in [0.2, 0.25) is 10.0 Å². The van der Waals surface area contributed by atoms with Gasteiger partial charge in [-0.05, 0) is 18.2 Å². The molecule has 0 atom stereocenters. The molecule has 0 amide bonds. The number of aromatic hydroxyl groups is 1. The maximum absolute atomic E-state index is 11.8. The third-order valence-corrected chi connectivity index (χ3v) is 4.09. The minimum atomic E-state index is -3.92. The van der Waals surface area contributed by atoms with E-state index in [1.807, 2.05) is 0 Å². The van der Waals surface area contributed by atoms with Gasteiger partial charge in [-0.2, -0.15) is 5.10 Å². The summed E-state index contributed by atoms with van der Waals surface area (Å²) in [5, 5.41) is 19.8. The summed E-state index contributed by atoms with van der Waals surface area (Å²) in [5.41, 5.74) is -0.00967. The Morgan fingerprint density at radius 2 is 2.09 bits per heavy atom. The lowest BCUT2D eigenvalue weighted by molar-refractivity contribution is 0.0587. The maximum Gasteiger partial charge on any atom is 0.360 e. The summed E-state index contributed by atoms with van der Waals surface area (Å²) >= 11 is 0. The number of pyridine rings is 1. The molecule has 22 heavy (non-hydrogen) atoms. The zero-order valence-corrected chi connectivity index (χ0v) is 12.0. The standard InChI is InChI=1S/C12H10N4O5S/c1-21-12(18)9-10(17)7-3-2-6(22(13,19)20)4-8(7)11-14-5-15-16(9)11/h2-5,17H,1H3,(H2,13,19,20). The Morgan fingerprint density at radius 1 is 1.36 bits per heavy atom. The second kappa shape index (κ2) is 4.64. The van der Waals surface area contributed by atoms with Crippen molar-refractivity contribution in [1.29, 1.82) is 0 Å². The van der Waals surface area contributed by atoms with Crippen molar-refractivity contribution in [3.05, 3.63) is 30.2 Å². The average Bonchev–Trinajstić information content (AvgIpc) is 2.95. The summed E-state index contributed by atoms with van der Waals surface area (Å²) in [7, 11) is -2.76. The van der Waals surface area contributed by atoms with Crippen LogP contribution in [0.5, 0.6) is 5.75 Å². The first kappa shape index (κ1) is 14.2. The third-order valence-electron chi connectivity index (χ3n) is 3.18. The van der Waals surface area contributed by atoms with Gasteiger partial charge in [-0.15, -0.1) is 0 Å². The van der Waals surface area contributed by atoms with Crippen molar-refractivity contribution in [3.63, 3.8) is 0 Å². The van der Waals surface area contributed by atoms with Crippen LogP contribution in [-0.2, 0) is 14.8 Å². The smallest absolute Gasteiger partial charge is 0.360 e. The molecule has 2 heterocycles. The van der Waals surface area contributed by atoms with Crippen LogP contribution >= 0.6 is 0 Å². The average molecular weight is 322 g/mol. The fourth-order valence-corrected chi connectivity index (χ4v) is 2.73. The molecule has 0 aliphatic carbocycles. The van der Waals surface area contributed by atoms with Crippen molar-refractivity contribution < 1.29 is 23.1 Å². The molecule has 0 unspecified atom stereocenters. The number of carbonyl (C=O) groups is 1. The zero-order chi connectivity index (χ0) is 16.1. The van der Waals surface area contributed by atoms with E-state index in [1.165, 1.54) is 31.6 Å². The number of methoxy groups -OCH3 is 1. The molecule has 0 aliphatic rings. The number of benzene rings is 1. The lowest BCUT2D eigenvalue weighted by atomic mass is 10.1. The fourth-order valence-electron chi connectivity index (χ4n) is 2.19. The predicted molar refractivity (Wildman–Crippen MR) is 74.9 cm³/mol. The van der Waals surface area contributed by atoms with E-state index in [2.05, 4.69) is 14.8 Å². The number of hydrogen-bond donors (Lipinski definition) is 2. The molecule has 0 aliphatic heterocycles. The molecule has 0 radical (unpaired) electrons. The molecular weight excluding hydrogens is 312 g/mol. The number of ether oxygens (including phenoxy) is 1. The molecule has 1 aromatic carbocycles. The molecule has 2 aromatic heterocycles. The van der Waals surface area contributed by atoms with E-state index in [0.29, 0.717) is 0 Å². The zero-order valence-electron chi connectivity index (χ0n) is 11.2. The van der Waals surface area contributed by atoms with Crippen LogP contribution in [0, 0.1) is 0 Å². The Kier molecular flexibility index (Phi) is 3.00.